The first-order chi connectivity index (χ1) is 13.9. The van der Waals surface area contributed by atoms with Crippen LogP contribution >= 0.6 is 11.6 Å². The zero-order valence-electron chi connectivity index (χ0n) is 15.2. The predicted octanol–water partition coefficient (Wildman–Crippen LogP) is 3.25. The second-order valence-corrected chi connectivity index (χ2v) is 6.46. The molecule has 0 saturated heterocycles. The van der Waals surface area contributed by atoms with Gasteiger partial charge in [-0.15, -0.1) is 0 Å². The Morgan fingerprint density at radius 3 is 2.62 bits per heavy atom. The first kappa shape index (κ1) is 20.0. The molecule has 3 rings (SSSR count). The Morgan fingerprint density at radius 1 is 1.24 bits per heavy atom. The van der Waals surface area contributed by atoms with Gasteiger partial charge >= 0.3 is 5.97 Å². The zero-order chi connectivity index (χ0) is 21.0. The molecule has 3 aromatic rings. The second kappa shape index (κ2) is 8.50. The molecule has 0 saturated carbocycles. The largest absolute Gasteiger partial charge is 0.465 e. The first-order valence-electron chi connectivity index (χ1n) is 8.42. The summed E-state index contributed by atoms with van der Waals surface area (Å²) in [5.41, 5.74) is 0.862. The van der Waals surface area contributed by atoms with Crippen molar-refractivity contribution < 1.29 is 14.3 Å². The minimum atomic E-state index is -1.28. The summed E-state index contributed by atoms with van der Waals surface area (Å²) in [7, 11) is 1.29. The van der Waals surface area contributed by atoms with Gasteiger partial charge in [-0.25, -0.2) is 9.78 Å². The second-order valence-electron chi connectivity index (χ2n) is 6.02. The lowest BCUT2D eigenvalue weighted by molar-refractivity contribution is -0.114. The monoisotopic (exact) mass is 407 g/mol. The van der Waals surface area contributed by atoms with Crippen LogP contribution in [0.2, 0.25) is 5.02 Å². The number of benzene rings is 2. The summed E-state index contributed by atoms with van der Waals surface area (Å²) in [5.74, 6) is -2.35. The standard InChI is InChI=1S/C21H14ClN3O4/c1-29-21(28)13-5-2-12(3-6-13)4-9-18(26)16(11-23)19-24-17-10-14(22)7-8-15(17)20(27)25-19/h2-10,16H,1H3,(H,24,25,27)/b9-4+. The molecule has 1 atom stereocenters. The number of halogens is 1. The van der Waals surface area contributed by atoms with Crippen LogP contribution in [0.3, 0.4) is 0 Å². The van der Waals surface area contributed by atoms with E-state index in [9.17, 15) is 19.6 Å². The average Bonchev–Trinajstić information content (AvgIpc) is 2.72. The Morgan fingerprint density at radius 2 is 1.97 bits per heavy atom. The van der Waals surface area contributed by atoms with Crippen LogP contribution in [0.1, 0.15) is 27.7 Å². The summed E-state index contributed by atoms with van der Waals surface area (Å²) < 4.78 is 4.63. The minimum absolute atomic E-state index is 0.0528. The molecule has 0 radical (unpaired) electrons. The van der Waals surface area contributed by atoms with E-state index in [1.165, 1.54) is 31.4 Å². The van der Waals surface area contributed by atoms with Crippen LogP contribution in [-0.4, -0.2) is 28.8 Å². The molecule has 7 nitrogen and oxygen atoms in total. The van der Waals surface area contributed by atoms with E-state index in [0.29, 0.717) is 27.1 Å². The molecule has 0 amide bonds. The van der Waals surface area contributed by atoms with Gasteiger partial charge in [0.1, 0.15) is 5.82 Å². The van der Waals surface area contributed by atoms with Gasteiger partial charge < -0.3 is 9.72 Å². The fourth-order valence-electron chi connectivity index (χ4n) is 2.65. The zero-order valence-corrected chi connectivity index (χ0v) is 15.9. The lowest BCUT2D eigenvalue weighted by atomic mass is 10.0. The van der Waals surface area contributed by atoms with E-state index in [4.69, 9.17) is 11.6 Å². The Hall–Kier alpha value is -3.76. The molecule has 0 aliphatic heterocycles. The highest BCUT2D eigenvalue weighted by atomic mass is 35.5. The van der Waals surface area contributed by atoms with E-state index in [0.717, 1.165) is 0 Å². The van der Waals surface area contributed by atoms with Crippen LogP contribution in [0.4, 0.5) is 0 Å². The molecule has 0 spiro atoms. The fourth-order valence-corrected chi connectivity index (χ4v) is 2.82. The number of aromatic nitrogens is 2. The van der Waals surface area contributed by atoms with Crippen LogP contribution in [0.25, 0.3) is 17.0 Å². The number of allylic oxidation sites excluding steroid dienone is 1. The van der Waals surface area contributed by atoms with Crippen molar-refractivity contribution >= 4 is 40.3 Å². The van der Waals surface area contributed by atoms with Crippen LogP contribution in [0, 0.1) is 11.3 Å². The fraction of sp³-hybridized carbons (Fsp3) is 0.0952. The quantitative estimate of drug-likeness (QED) is 0.513. The summed E-state index contributed by atoms with van der Waals surface area (Å²) in [4.78, 5) is 42.9. The van der Waals surface area contributed by atoms with Crippen LogP contribution in [0.5, 0.6) is 0 Å². The molecule has 1 N–H and O–H groups in total. The molecule has 8 heteroatoms. The summed E-state index contributed by atoms with van der Waals surface area (Å²) in [6, 6.07) is 12.8. The number of nitriles is 1. The maximum Gasteiger partial charge on any atom is 0.337 e. The van der Waals surface area contributed by atoms with E-state index in [-0.39, 0.29) is 5.82 Å². The Bertz CT molecular complexity index is 1220. The summed E-state index contributed by atoms with van der Waals surface area (Å²) in [6.45, 7) is 0. The van der Waals surface area contributed by atoms with Gasteiger partial charge in [-0.3, -0.25) is 9.59 Å². The van der Waals surface area contributed by atoms with E-state index >= 15 is 0 Å². The Balaban J connectivity index is 1.86. The highest BCUT2D eigenvalue weighted by Gasteiger charge is 2.21. The topological polar surface area (TPSA) is 113 Å². The highest BCUT2D eigenvalue weighted by molar-refractivity contribution is 6.31. The number of ether oxygens (including phenoxy) is 1. The predicted molar refractivity (Wildman–Crippen MR) is 108 cm³/mol. The molecule has 0 bridgehead atoms. The van der Waals surface area contributed by atoms with E-state index < -0.39 is 23.2 Å². The molecule has 1 heterocycles. The lowest BCUT2D eigenvalue weighted by Crippen LogP contribution is -2.18. The third-order valence-corrected chi connectivity index (χ3v) is 4.38. The molecule has 1 unspecified atom stereocenters. The SMILES string of the molecule is COC(=O)c1ccc(/C=C/C(=O)C(C#N)c2nc3cc(Cl)ccc3c(=O)[nH]2)cc1. The summed E-state index contributed by atoms with van der Waals surface area (Å²) >= 11 is 5.93. The van der Waals surface area contributed by atoms with Crippen molar-refractivity contribution in [2.24, 2.45) is 0 Å². The van der Waals surface area contributed by atoms with E-state index in [1.54, 1.807) is 30.3 Å². The number of nitrogens with one attached hydrogen (secondary N) is 1. The highest BCUT2D eigenvalue weighted by Crippen LogP contribution is 2.18. The number of nitrogens with zero attached hydrogens (tertiary/aromatic N) is 2. The summed E-state index contributed by atoms with van der Waals surface area (Å²) in [5, 5.41) is 10.1. The molecule has 29 heavy (non-hydrogen) atoms. The third-order valence-electron chi connectivity index (χ3n) is 4.15. The number of ketones is 1. The van der Waals surface area contributed by atoms with Crippen molar-refractivity contribution in [1.82, 2.24) is 9.97 Å². The lowest BCUT2D eigenvalue weighted by Gasteiger charge is -2.06. The molecular weight excluding hydrogens is 394 g/mol. The smallest absolute Gasteiger partial charge is 0.337 e. The van der Waals surface area contributed by atoms with Crippen molar-refractivity contribution in [3.05, 3.63) is 80.9 Å². The molecular formula is C21H14ClN3O4. The van der Waals surface area contributed by atoms with Crippen molar-refractivity contribution in [3.8, 4) is 6.07 Å². The van der Waals surface area contributed by atoms with Crippen molar-refractivity contribution in [2.45, 2.75) is 5.92 Å². The number of fused-ring (bicyclic) bond motifs is 1. The maximum absolute atomic E-state index is 12.5. The van der Waals surface area contributed by atoms with Crippen molar-refractivity contribution in [1.29, 1.82) is 5.26 Å². The molecule has 2 aromatic carbocycles. The Labute approximate surface area is 170 Å². The van der Waals surface area contributed by atoms with Crippen LogP contribution in [0.15, 0.2) is 53.3 Å². The molecule has 0 fully saturated rings. The minimum Gasteiger partial charge on any atom is -0.465 e. The Kier molecular flexibility index (Phi) is 5.86. The van der Waals surface area contributed by atoms with Gasteiger partial charge in [0.25, 0.3) is 5.56 Å². The molecule has 144 valence electrons. The third kappa shape index (κ3) is 4.39. The van der Waals surface area contributed by atoms with Gasteiger partial charge in [-0.2, -0.15) is 5.26 Å². The summed E-state index contributed by atoms with van der Waals surface area (Å²) in [6.07, 6.45) is 2.73. The number of H-pyrrole nitrogens is 1. The number of rotatable bonds is 5. The number of hydrogen-bond acceptors (Lipinski definition) is 6. The van der Waals surface area contributed by atoms with Crippen molar-refractivity contribution in [2.75, 3.05) is 7.11 Å². The van der Waals surface area contributed by atoms with Crippen molar-refractivity contribution in [3.63, 3.8) is 0 Å². The van der Waals surface area contributed by atoms with E-state index in [2.05, 4.69) is 14.7 Å². The maximum atomic E-state index is 12.5. The molecule has 0 aliphatic rings. The molecule has 0 aliphatic carbocycles. The van der Waals surface area contributed by atoms with E-state index in [1.807, 2.05) is 6.07 Å². The molecule has 1 aromatic heterocycles. The van der Waals surface area contributed by atoms with Gasteiger partial charge in [-0.1, -0.05) is 29.8 Å². The number of hydrogen-bond donors (Lipinski definition) is 1. The number of aromatic amines is 1. The van der Waals surface area contributed by atoms with Gasteiger partial charge in [0.2, 0.25) is 0 Å². The number of carbonyl (C=O) groups is 2. The average molecular weight is 408 g/mol. The van der Waals surface area contributed by atoms with Gasteiger partial charge in [0.05, 0.1) is 29.6 Å². The number of esters is 1. The van der Waals surface area contributed by atoms with Gasteiger partial charge in [0.15, 0.2) is 11.7 Å². The number of methoxy groups -OCH3 is 1. The van der Waals surface area contributed by atoms with Gasteiger partial charge in [-0.05, 0) is 42.0 Å². The van der Waals surface area contributed by atoms with Gasteiger partial charge in [0, 0.05) is 5.02 Å². The number of carbonyl (C=O) groups excluding carboxylic acids is 2. The van der Waals surface area contributed by atoms with Crippen LogP contribution < -0.4 is 5.56 Å². The van der Waals surface area contributed by atoms with Crippen LogP contribution in [-0.2, 0) is 9.53 Å². The first-order valence-corrected chi connectivity index (χ1v) is 8.80. The normalized spacial score (nSPS) is 11.9.